The Labute approximate surface area is 185 Å². The zero-order valence-corrected chi connectivity index (χ0v) is 18.3. The number of hydrogen-bond donors (Lipinski definition) is 1. The van der Waals surface area contributed by atoms with Crippen molar-refractivity contribution in [2.45, 2.75) is 25.9 Å². The first kappa shape index (κ1) is 22.8. The first-order chi connectivity index (χ1) is 15.2. The van der Waals surface area contributed by atoms with Crippen LogP contribution in [0, 0.1) is 0 Å². The molecular weight excluding hydrogens is 416 g/mol. The van der Waals surface area contributed by atoms with Gasteiger partial charge in [-0.2, -0.15) is 0 Å². The van der Waals surface area contributed by atoms with E-state index >= 15 is 0 Å². The first-order valence-electron chi connectivity index (χ1n) is 9.88. The number of rotatable bonds is 6. The van der Waals surface area contributed by atoms with Crippen LogP contribution in [0.25, 0.3) is 0 Å². The van der Waals surface area contributed by atoms with Crippen molar-refractivity contribution in [2.75, 3.05) is 31.0 Å². The van der Waals surface area contributed by atoms with E-state index in [4.69, 9.17) is 14.2 Å². The van der Waals surface area contributed by atoms with Crippen LogP contribution in [0.2, 0.25) is 0 Å². The Balaban J connectivity index is 1.77. The normalized spacial score (nSPS) is 14.1. The molecule has 0 saturated heterocycles. The molecule has 0 atom stereocenters. The summed E-state index contributed by atoms with van der Waals surface area (Å²) in [5.74, 6) is -1.43. The van der Waals surface area contributed by atoms with Crippen LogP contribution in [-0.2, 0) is 19.1 Å². The predicted octanol–water partition coefficient (Wildman–Crippen LogP) is 2.79. The minimum atomic E-state index is -1.06. The highest BCUT2D eigenvalue weighted by Gasteiger charge is 2.40. The minimum Gasteiger partial charge on any atom is -0.476 e. The summed E-state index contributed by atoms with van der Waals surface area (Å²) in [6.07, 6.45) is -0.0217. The van der Waals surface area contributed by atoms with Crippen LogP contribution in [0.3, 0.4) is 0 Å². The maximum atomic E-state index is 12.9. The van der Waals surface area contributed by atoms with Crippen molar-refractivity contribution in [1.29, 1.82) is 0 Å². The fourth-order valence-corrected chi connectivity index (χ4v) is 3.35. The lowest BCUT2D eigenvalue weighted by Gasteiger charge is -2.38. The largest absolute Gasteiger partial charge is 0.476 e. The highest BCUT2D eigenvalue weighted by Crippen LogP contribution is 2.37. The number of fused-ring (bicyclic) bond motifs is 1. The van der Waals surface area contributed by atoms with E-state index < -0.39 is 23.4 Å². The van der Waals surface area contributed by atoms with Gasteiger partial charge < -0.3 is 24.4 Å². The molecule has 0 spiro atoms. The van der Waals surface area contributed by atoms with Crippen molar-refractivity contribution < 1.29 is 33.4 Å². The zero-order valence-electron chi connectivity index (χ0n) is 18.3. The molecule has 0 saturated carbocycles. The van der Waals surface area contributed by atoms with Gasteiger partial charge in [-0.1, -0.05) is 12.1 Å². The maximum Gasteiger partial charge on any atom is 0.337 e. The summed E-state index contributed by atoms with van der Waals surface area (Å²) in [7, 11) is 2.42. The monoisotopic (exact) mass is 440 g/mol. The maximum absolute atomic E-state index is 12.9. The van der Waals surface area contributed by atoms with Gasteiger partial charge in [0.15, 0.2) is 5.60 Å². The number of esters is 2. The molecule has 0 aromatic heterocycles. The molecule has 2 aromatic rings. The van der Waals surface area contributed by atoms with E-state index in [0.29, 0.717) is 11.4 Å². The molecule has 2 amide bonds. The molecule has 1 heterocycles. The number of methoxy groups -OCH3 is 2. The summed E-state index contributed by atoms with van der Waals surface area (Å²) in [6.45, 7) is 3.46. The van der Waals surface area contributed by atoms with Gasteiger partial charge in [0.1, 0.15) is 5.75 Å². The molecule has 9 heteroatoms. The van der Waals surface area contributed by atoms with Gasteiger partial charge in [0.05, 0.1) is 31.0 Å². The minimum absolute atomic E-state index is 0.0217. The molecule has 2 aromatic carbocycles. The Morgan fingerprint density at radius 3 is 2.19 bits per heavy atom. The number of hydrogen-bond acceptors (Lipinski definition) is 7. The Morgan fingerprint density at radius 1 is 1.00 bits per heavy atom. The van der Waals surface area contributed by atoms with Gasteiger partial charge in [-0.15, -0.1) is 0 Å². The molecule has 0 aliphatic carbocycles. The Hall–Kier alpha value is -3.88. The lowest BCUT2D eigenvalue weighted by Crippen LogP contribution is -2.53. The van der Waals surface area contributed by atoms with E-state index in [1.165, 1.54) is 37.3 Å². The van der Waals surface area contributed by atoms with Crippen LogP contribution in [0.1, 0.15) is 41.0 Å². The summed E-state index contributed by atoms with van der Waals surface area (Å²) in [4.78, 5) is 50.8. The number of ether oxygens (including phenoxy) is 3. The van der Waals surface area contributed by atoms with Gasteiger partial charge in [-0.25, -0.2) is 9.59 Å². The van der Waals surface area contributed by atoms with Gasteiger partial charge in [-0.05, 0) is 44.2 Å². The van der Waals surface area contributed by atoms with E-state index in [9.17, 15) is 19.2 Å². The summed E-state index contributed by atoms with van der Waals surface area (Å²) in [6, 6.07) is 11.2. The summed E-state index contributed by atoms with van der Waals surface area (Å²) in [5, 5.41) is 2.66. The van der Waals surface area contributed by atoms with Gasteiger partial charge in [0.2, 0.25) is 5.91 Å². The average Bonchev–Trinajstić information content (AvgIpc) is 2.77. The SMILES string of the molecule is COC(=O)c1cc(NC(=O)CCN2C(=O)C(C)(C)Oc3ccccc32)cc(C(=O)OC)c1. The molecule has 1 aliphatic rings. The lowest BCUT2D eigenvalue weighted by molar-refractivity contribution is -0.132. The van der Waals surface area contributed by atoms with Crippen molar-refractivity contribution in [2.24, 2.45) is 0 Å². The smallest absolute Gasteiger partial charge is 0.337 e. The lowest BCUT2D eigenvalue weighted by atomic mass is 10.0. The van der Waals surface area contributed by atoms with Crippen LogP contribution >= 0.6 is 0 Å². The van der Waals surface area contributed by atoms with Gasteiger partial charge in [0.25, 0.3) is 5.91 Å². The van der Waals surface area contributed by atoms with Crippen LogP contribution in [-0.4, -0.2) is 50.1 Å². The fourth-order valence-electron chi connectivity index (χ4n) is 3.35. The third kappa shape index (κ3) is 4.72. The highest BCUT2D eigenvalue weighted by molar-refractivity contribution is 6.03. The van der Waals surface area contributed by atoms with Gasteiger partial charge >= 0.3 is 11.9 Å². The molecule has 0 unspecified atom stereocenters. The predicted molar refractivity (Wildman–Crippen MR) is 116 cm³/mol. The molecule has 168 valence electrons. The van der Waals surface area contributed by atoms with Crippen LogP contribution in [0.5, 0.6) is 5.75 Å². The van der Waals surface area contributed by atoms with Crippen molar-refractivity contribution in [3.8, 4) is 5.75 Å². The third-order valence-corrected chi connectivity index (χ3v) is 4.90. The van der Waals surface area contributed by atoms with E-state index in [0.717, 1.165) is 0 Å². The quantitative estimate of drug-likeness (QED) is 0.688. The number of amides is 2. The second kappa shape index (κ2) is 9.09. The summed E-state index contributed by atoms with van der Waals surface area (Å²) < 4.78 is 15.2. The van der Waals surface area contributed by atoms with Gasteiger partial charge in [-0.3, -0.25) is 9.59 Å². The second-order valence-electron chi connectivity index (χ2n) is 7.62. The third-order valence-electron chi connectivity index (χ3n) is 4.90. The van der Waals surface area contributed by atoms with Crippen molar-refractivity contribution >= 4 is 35.1 Å². The molecule has 0 fully saturated rings. The molecular formula is C23H24N2O7. The Bertz CT molecular complexity index is 1040. The van der Waals surface area contributed by atoms with E-state index in [1.807, 2.05) is 6.07 Å². The molecule has 32 heavy (non-hydrogen) atoms. The molecule has 0 bridgehead atoms. The van der Waals surface area contributed by atoms with E-state index in [2.05, 4.69) is 5.32 Å². The standard InChI is InChI=1S/C23H24N2O7/c1-23(2)22(29)25(17-7-5-6-8-18(17)32-23)10-9-19(26)24-16-12-14(20(27)30-3)11-15(13-16)21(28)31-4/h5-8,11-13H,9-10H2,1-4H3,(H,24,26). The summed E-state index contributed by atoms with van der Waals surface area (Å²) in [5.41, 5.74) is -0.0677. The van der Waals surface area contributed by atoms with E-state index in [1.54, 1.807) is 32.0 Å². The number of carbonyl (C=O) groups excluding carboxylic acids is 4. The number of anilines is 2. The zero-order chi connectivity index (χ0) is 23.5. The highest BCUT2D eigenvalue weighted by atomic mass is 16.5. The summed E-state index contributed by atoms with van der Waals surface area (Å²) >= 11 is 0. The molecule has 3 rings (SSSR count). The first-order valence-corrected chi connectivity index (χ1v) is 9.88. The molecule has 9 nitrogen and oxygen atoms in total. The van der Waals surface area contributed by atoms with Crippen LogP contribution < -0.4 is 15.0 Å². The topological polar surface area (TPSA) is 111 Å². The van der Waals surface area contributed by atoms with Gasteiger partial charge in [0, 0.05) is 18.7 Å². The van der Waals surface area contributed by atoms with Crippen molar-refractivity contribution in [3.63, 3.8) is 0 Å². The fraction of sp³-hybridized carbons (Fsp3) is 0.304. The molecule has 1 aliphatic heterocycles. The van der Waals surface area contributed by atoms with E-state index in [-0.39, 0.29) is 35.7 Å². The number of carbonyl (C=O) groups is 4. The Kier molecular flexibility index (Phi) is 6.47. The number of nitrogens with one attached hydrogen (secondary N) is 1. The molecule has 1 N–H and O–H groups in total. The van der Waals surface area contributed by atoms with Crippen molar-refractivity contribution in [3.05, 3.63) is 53.6 Å². The number of nitrogens with zero attached hydrogens (tertiary/aromatic N) is 1. The average molecular weight is 440 g/mol. The Morgan fingerprint density at radius 2 is 1.59 bits per heavy atom. The van der Waals surface area contributed by atoms with Crippen molar-refractivity contribution in [1.82, 2.24) is 0 Å². The van der Waals surface area contributed by atoms with Crippen LogP contribution in [0.15, 0.2) is 42.5 Å². The molecule has 0 radical (unpaired) electrons. The number of para-hydroxylation sites is 2. The van der Waals surface area contributed by atoms with Crippen LogP contribution in [0.4, 0.5) is 11.4 Å². The second-order valence-corrected chi connectivity index (χ2v) is 7.62. The number of benzene rings is 2.